The van der Waals surface area contributed by atoms with Gasteiger partial charge >= 0.3 is 0 Å². The lowest BCUT2D eigenvalue weighted by molar-refractivity contribution is 0.0567. The number of hydrogen-bond donors (Lipinski definition) is 0. The summed E-state index contributed by atoms with van der Waals surface area (Å²) in [6.45, 7) is 1.78. The van der Waals surface area contributed by atoms with Crippen molar-refractivity contribution in [2.45, 2.75) is 19.3 Å². The first-order chi connectivity index (χ1) is 5.43. The fourth-order valence-corrected chi connectivity index (χ4v) is 1.21. The second-order valence-corrected chi connectivity index (χ2v) is 2.73. The van der Waals surface area contributed by atoms with Crippen molar-refractivity contribution in [2.24, 2.45) is 5.92 Å². The van der Waals surface area contributed by atoms with Gasteiger partial charge in [-0.25, -0.2) is 0 Å². The Labute approximate surface area is 68.1 Å². The van der Waals surface area contributed by atoms with E-state index in [1.165, 1.54) is 12.8 Å². The van der Waals surface area contributed by atoms with Crippen molar-refractivity contribution in [3.05, 3.63) is 0 Å². The molecule has 1 fully saturated rings. The molecule has 0 saturated carbocycles. The summed E-state index contributed by atoms with van der Waals surface area (Å²) >= 11 is 0. The summed E-state index contributed by atoms with van der Waals surface area (Å²) in [6, 6.07) is 0. The molecule has 1 nitrogen and oxygen atoms in total. The predicted octanol–water partition coefficient (Wildman–Crippen LogP) is 1.44. The van der Waals surface area contributed by atoms with E-state index in [-0.39, 0.29) is 0 Å². The maximum Gasteiger partial charge on any atom is 0.0503 e. The summed E-state index contributed by atoms with van der Waals surface area (Å²) in [5.41, 5.74) is 0. The van der Waals surface area contributed by atoms with Gasteiger partial charge in [-0.05, 0) is 30.6 Å². The highest BCUT2D eigenvalue weighted by molar-refractivity contribution is 5.21. The Bertz CT molecular complexity index is 195. The quantitative estimate of drug-likeness (QED) is 0.511. The topological polar surface area (TPSA) is 9.23 Å². The van der Waals surface area contributed by atoms with Crippen LogP contribution in [0.25, 0.3) is 0 Å². The van der Waals surface area contributed by atoms with Gasteiger partial charge in [0.1, 0.15) is 0 Å². The lowest BCUT2D eigenvalue weighted by atomic mass is 9.99. The molecule has 1 rings (SSSR count). The molecule has 0 aromatic rings. The van der Waals surface area contributed by atoms with Crippen LogP contribution < -0.4 is 0 Å². The van der Waals surface area contributed by atoms with Crippen LogP contribution in [-0.2, 0) is 4.74 Å². The Balaban J connectivity index is 2.20. The van der Waals surface area contributed by atoms with Crippen molar-refractivity contribution in [3.63, 3.8) is 0 Å². The van der Waals surface area contributed by atoms with Gasteiger partial charge in [-0.2, -0.15) is 0 Å². The Morgan fingerprint density at radius 3 is 3.09 bits per heavy atom. The van der Waals surface area contributed by atoms with E-state index in [9.17, 15) is 0 Å². The van der Waals surface area contributed by atoms with Gasteiger partial charge in [-0.1, -0.05) is 5.92 Å². The van der Waals surface area contributed by atoms with Crippen molar-refractivity contribution in [3.8, 4) is 24.2 Å². The zero-order valence-corrected chi connectivity index (χ0v) is 6.60. The third kappa shape index (κ3) is 3.12. The molecule has 1 saturated heterocycles. The van der Waals surface area contributed by atoms with Gasteiger partial charge in [0.25, 0.3) is 0 Å². The molecule has 0 radical (unpaired) electrons. The summed E-state index contributed by atoms with van der Waals surface area (Å²) in [4.78, 5) is 0. The van der Waals surface area contributed by atoms with Gasteiger partial charge in [0.05, 0.1) is 6.61 Å². The summed E-state index contributed by atoms with van der Waals surface area (Å²) < 4.78 is 5.29. The van der Waals surface area contributed by atoms with Crippen LogP contribution >= 0.6 is 0 Å². The lowest BCUT2D eigenvalue weighted by Crippen LogP contribution is -2.16. The van der Waals surface area contributed by atoms with Crippen LogP contribution in [0.4, 0.5) is 0 Å². The average Bonchev–Trinajstić information content (AvgIpc) is 2.07. The molecule has 0 aromatic carbocycles. The number of terminal acetylenes is 1. The summed E-state index contributed by atoms with van der Waals surface area (Å²) in [6.07, 6.45) is 8.29. The molecule has 1 heterocycles. The number of hydrogen-bond acceptors (Lipinski definition) is 1. The normalized spacial score (nSPS) is 23.0. The van der Waals surface area contributed by atoms with Gasteiger partial charge in [0.15, 0.2) is 0 Å². The van der Waals surface area contributed by atoms with Gasteiger partial charge in [-0.15, -0.1) is 6.42 Å². The molecule has 0 aliphatic carbocycles. The second-order valence-electron chi connectivity index (χ2n) is 2.73. The zero-order valence-electron chi connectivity index (χ0n) is 6.60. The largest absolute Gasteiger partial charge is 0.381 e. The summed E-state index contributed by atoms with van der Waals surface area (Å²) in [5, 5.41) is 0. The van der Waals surface area contributed by atoms with Crippen molar-refractivity contribution in [2.75, 3.05) is 13.2 Å². The molecular weight excluding hydrogens is 136 g/mol. The SMILES string of the molecule is C#CC#CCC1CCCOC1. The third-order valence-corrected chi connectivity index (χ3v) is 1.81. The minimum absolute atomic E-state index is 0.615. The predicted molar refractivity (Wildman–Crippen MR) is 44.8 cm³/mol. The molecule has 1 heteroatoms. The minimum Gasteiger partial charge on any atom is -0.381 e. The fraction of sp³-hybridized carbons (Fsp3) is 0.600. The van der Waals surface area contributed by atoms with E-state index in [1.54, 1.807) is 0 Å². The highest BCUT2D eigenvalue weighted by Gasteiger charge is 2.11. The molecular formula is C10H12O. The molecule has 1 unspecified atom stereocenters. The van der Waals surface area contributed by atoms with Crippen LogP contribution in [0, 0.1) is 30.1 Å². The van der Waals surface area contributed by atoms with Gasteiger partial charge in [-0.3, -0.25) is 0 Å². The first-order valence-electron chi connectivity index (χ1n) is 3.94. The smallest absolute Gasteiger partial charge is 0.0503 e. The molecule has 1 atom stereocenters. The fourth-order valence-electron chi connectivity index (χ4n) is 1.21. The average molecular weight is 148 g/mol. The first-order valence-corrected chi connectivity index (χ1v) is 3.94. The maximum absolute atomic E-state index is 5.29. The van der Waals surface area contributed by atoms with E-state index in [2.05, 4.69) is 17.8 Å². The maximum atomic E-state index is 5.29. The minimum atomic E-state index is 0.615. The van der Waals surface area contributed by atoms with E-state index in [1.807, 2.05) is 0 Å². The first kappa shape index (κ1) is 8.18. The van der Waals surface area contributed by atoms with E-state index in [0.29, 0.717) is 5.92 Å². The number of rotatable bonds is 1. The second kappa shape index (κ2) is 4.83. The molecule has 0 aromatic heterocycles. The van der Waals surface area contributed by atoms with Crippen molar-refractivity contribution >= 4 is 0 Å². The van der Waals surface area contributed by atoms with Crippen LogP contribution in [-0.4, -0.2) is 13.2 Å². The standard InChI is InChI=1S/C10H12O/c1-2-3-4-6-10-7-5-8-11-9-10/h1,10H,5-9H2. The molecule has 1 aliphatic rings. The third-order valence-electron chi connectivity index (χ3n) is 1.81. The van der Waals surface area contributed by atoms with Crippen molar-refractivity contribution < 1.29 is 4.74 Å². The lowest BCUT2D eigenvalue weighted by Gasteiger charge is -2.19. The van der Waals surface area contributed by atoms with Gasteiger partial charge < -0.3 is 4.74 Å². The Morgan fingerprint density at radius 2 is 2.45 bits per heavy atom. The van der Waals surface area contributed by atoms with Crippen LogP contribution in [0.5, 0.6) is 0 Å². The molecule has 1 aliphatic heterocycles. The van der Waals surface area contributed by atoms with Crippen LogP contribution in [0.3, 0.4) is 0 Å². The van der Waals surface area contributed by atoms with E-state index in [0.717, 1.165) is 19.6 Å². The summed E-state index contributed by atoms with van der Waals surface area (Å²) in [7, 11) is 0. The van der Waals surface area contributed by atoms with Crippen molar-refractivity contribution in [1.29, 1.82) is 0 Å². The molecule has 0 amide bonds. The number of ether oxygens (including phenoxy) is 1. The Kier molecular flexibility index (Phi) is 3.59. The monoisotopic (exact) mass is 148 g/mol. The van der Waals surface area contributed by atoms with Crippen LogP contribution in [0.1, 0.15) is 19.3 Å². The molecule has 0 spiro atoms. The molecule has 11 heavy (non-hydrogen) atoms. The zero-order chi connectivity index (χ0) is 7.94. The highest BCUT2D eigenvalue weighted by Crippen LogP contribution is 2.15. The van der Waals surface area contributed by atoms with E-state index >= 15 is 0 Å². The molecule has 0 N–H and O–H groups in total. The summed E-state index contributed by atoms with van der Waals surface area (Å²) in [5.74, 6) is 8.48. The van der Waals surface area contributed by atoms with Gasteiger partial charge in [0, 0.05) is 13.0 Å². The Hall–Kier alpha value is -0.920. The van der Waals surface area contributed by atoms with Gasteiger partial charge in [0.2, 0.25) is 0 Å². The van der Waals surface area contributed by atoms with Crippen molar-refractivity contribution in [1.82, 2.24) is 0 Å². The van der Waals surface area contributed by atoms with Crippen LogP contribution in [0.15, 0.2) is 0 Å². The molecule has 58 valence electrons. The van der Waals surface area contributed by atoms with E-state index < -0.39 is 0 Å². The van der Waals surface area contributed by atoms with E-state index in [4.69, 9.17) is 11.2 Å². The molecule has 0 bridgehead atoms. The Morgan fingerprint density at radius 1 is 1.55 bits per heavy atom. The van der Waals surface area contributed by atoms with Crippen LogP contribution in [0.2, 0.25) is 0 Å². The highest BCUT2D eigenvalue weighted by atomic mass is 16.5.